The van der Waals surface area contributed by atoms with E-state index in [4.69, 9.17) is 9.47 Å². The number of carbonyl (C=O) groups is 2. The topological polar surface area (TPSA) is 74.7 Å². The molecule has 19 heavy (non-hydrogen) atoms. The number of carbonyl (C=O) groups excluding carboxylic acids is 2. The van der Waals surface area contributed by atoms with Crippen LogP contribution >= 0.6 is 0 Å². The Morgan fingerprint density at radius 1 is 1.32 bits per heavy atom. The summed E-state index contributed by atoms with van der Waals surface area (Å²) in [5.74, 6) is -0.452. The molecule has 0 radical (unpaired) electrons. The minimum Gasteiger partial charge on any atom is -0.481 e. The van der Waals surface area contributed by atoms with Crippen molar-refractivity contribution in [3.8, 4) is 5.88 Å². The third-order valence-corrected chi connectivity index (χ3v) is 2.25. The summed E-state index contributed by atoms with van der Waals surface area (Å²) in [5.41, 5.74) is 1.14. The molecule has 1 aromatic rings. The molecule has 0 saturated carbocycles. The predicted molar refractivity (Wildman–Crippen MR) is 67.2 cm³/mol. The fourth-order valence-electron chi connectivity index (χ4n) is 1.28. The maximum absolute atomic E-state index is 11.3. The van der Waals surface area contributed by atoms with Gasteiger partial charge in [0.25, 0.3) is 0 Å². The SMILES string of the molecule is COC(=O)C/C(=C/OC(C)=O)c1ccc(OC)nc1. The van der Waals surface area contributed by atoms with E-state index in [-0.39, 0.29) is 6.42 Å². The highest BCUT2D eigenvalue weighted by molar-refractivity contribution is 5.85. The Labute approximate surface area is 111 Å². The second-order valence-electron chi connectivity index (χ2n) is 3.59. The Hall–Kier alpha value is -2.37. The first kappa shape index (κ1) is 14.7. The molecule has 0 aromatic carbocycles. The molecule has 0 atom stereocenters. The average Bonchev–Trinajstić information content (AvgIpc) is 2.43. The fraction of sp³-hybridized carbons (Fsp3) is 0.308. The second-order valence-corrected chi connectivity index (χ2v) is 3.59. The third-order valence-electron chi connectivity index (χ3n) is 2.25. The molecule has 0 amide bonds. The van der Waals surface area contributed by atoms with Gasteiger partial charge in [0.1, 0.15) is 0 Å². The van der Waals surface area contributed by atoms with Crippen LogP contribution in [0.2, 0.25) is 0 Å². The van der Waals surface area contributed by atoms with Crippen LogP contribution in [-0.2, 0) is 19.1 Å². The van der Waals surface area contributed by atoms with Gasteiger partial charge in [-0.25, -0.2) is 4.98 Å². The van der Waals surface area contributed by atoms with E-state index in [0.717, 1.165) is 0 Å². The molecular weight excluding hydrogens is 250 g/mol. The van der Waals surface area contributed by atoms with Crippen LogP contribution in [0.25, 0.3) is 5.57 Å². The van der Waals surface area contributed by atoms with Crippen molar-refractivity contribution < 1.29 is 23.8 Å². The third kappa shape index (κ3) is 4.79. The number of rotatable bonds is 5. The number of ether oxygens (including phenoxy) is 3. The summed E-state index contributed by atoms with van der Waals surface area (Å²) in [6.07, 6.45) is 2.73. The van der Waals surface area contributed by atoms with Crippen LogP contribution < -0.4 is 4.74 Å². The first-order chi connectivity index (χ1) is 9.06. The summed E-state index contributed by atoms with van der Waals surface area (Å²) in [6.45, 7) is 1.28. The number of pyridine rings is 1. The van der Waals surface area contributed by atoms with Crippen LogP contribution in [0.3, 0.4) is 0 Å². The zero-order chi connectivity index (χ0) is 14.3. The van der Waals surface area contributed by atoms with Gasteiger partial charge < -0.3 is 14.2 Å². The van der Waals surface area contributed by atoms with Crippen molar-refractivity contribution in [3.05, 3.63) is 30.2 Å². The Morgan fingerprint density at radius 2 is 2.05 bits per heavy atom. The lowest BCUT2D eigenvalue weighted by Crippen LogP contribution is -2.03. The van der Waals surface area contributed by atoms with Crippen LogP contribution in [0, 0.1) is 0 Å². The number of hydrogen-bond acceptors (Lipinski definition) is 6. The van der Waals surface area contributed by atoms with E-state index in [1.807, 2.05) is 0 Å². The molecule has 6 nitrogen and oxygen atoms in total. The zero-order valence-corrected chi connectivity index (χ0v) is 11.0. The van der Waals surface area contributed by atoms with Gasteiger partial charge in [-0.2, -0.15) is 0 Å². The number of nitrogens with zero attached hydrogens (tertiary/aromatic N) is 1. The summed E-state index contributed by atoms with van der Waals surface area (Å²) in [6, 6.07) is 3.36. The van der Waals surface area contributed by atoms with Crippen molar-refractivity contribution in [2.45, 2.75) is 13.3 Å². The number of aromatic nitrogens is 1. The Bertz CT molecular complexity index is 478. The summed E-state index contributed by atoms with van der Waals surface area (Å²) in [4.78, 5) is 26.2. The molecule has 0 aliphatic rings. The molecule has 0 unspecified atom stereocenters. The van der Waals surface area contributed by atoms with E-state index in [9.17, 15) is 9.59 Å². The smallest absolute Gasteiger partial charge is 0.310 e. The van der Waals surface area contributed by atoms with Crippen LogP contribution in [0.1, 0.15) is 18.9 Å². The molecule has 1 heterocycles. The van der Waals surface area contributed by atoms with Crippen molar-refractivity contribution in [3.63, 3.8) is 0 Å². The monoisotopic (exact) mass is 265 g/mol. The van der Waals surface area contributed by atoms with Gasteiger partial charge in [0, 0.05) is 24.8 Å². The van der Waals surface area contributed by atoms with E-state index < -0.39 is 11.9 Å². The molecule has 102 valence electrons. The Kier molecular flexibility index (Phi) is 5.53. The van der Waals surface area contributed by atoms with Gasteiger partial charge in [-0.1, -0.05) is 0 Å². The lowest BCUT2D eigenvalue weighted by atomic mass is 10.1. The highest BCUT2D eigenvalue weighted by atomic mass is 16.5. The van der Waals surface area contributed by atoms with Crippen molar-refractivity contribution in [1.29, 1.82) is 0 Å². The lowest BCUT2D eigenvalue weighted by Gasteiger charge is -2.07. The van der Waals surface area contributed by atoms with Crippen LogP contribution in [0.15, 0.2) is 24.6 Å². The van der Waals surface area contributed by atoms with Crippen LogP contribution in [0.5, 0.6) is 5.88 Å². The van der Waals surface area contributed by atoms with E-state index >= 15 is 0 Å². The molecule has 0 N–H and O–H groups in total. The average molecular weight is 265 g/mol. The molecule has 0 saturated heterocycles. The van der Waals surface area contributed by atoms with Gasteiger partial charge in [-0.3, -0.25) is 9.59 Å². The number of hydrogen-bond donors (Lipinski definition) is 0. The van der Waals surface area contributed by atoms with E-state index in [1.54, 1.807) is 12.1 Å². The van der Waals surface area contributed by atoms with E-state index in [0.29, 0.717) is 17.0 Å². The molecular formula is C13H15NO5. The molecule has 1 rings (SSSR count). The van der Waals surface area contributed by atoms with Gasteiger partial charge >= 0.3 is 11.9 Å². The van der Waals surface area contributed by atoms with Crippen molar-refractivity contribution >= 4 is 17.5 Å². The minimum atomic E-state index is -0.469. The first-order valence-corrected chi connectivity index (χ1v) is 5.50. The Morgan fingerprint density at radius 3 is 2.53 bits per heavy atom. The maximum Gasteiger partial charge on any atom is 0.310 e. The van der Waals surface area contributed by atoms with E-state index in [2.05, 4.69) is 9.72 Å². The summed E-state index contributed by atoms with van der Waals surface area (Å²) in [7, 11) is 2.80. The van der Waals surface area contributed by atoms with Gasteiger partial charge in [-0.15, -0.1) is 0 Å². The Balaban J connectivity index is 2.96. The molecule has 0 fully saturated rings. The minimum absolute atomic E-state index is 0.0161. The second kappa shape index (κ2) is 7.15. The highest BCUT2D eigenvalue weighted by Gasteiger charge is 2.10. The van der Waals surface area contributed by atoms with Gasteiger partial charge in [0.2, 0.25) is 5.88 Å². The van der Waals surface area contributed by atoms with Crippen molar-refractivity contribution in [2.24, 2.45) is 0 Å². The summed E-state index contributed by atoms with van der Waals surface area (Å²) >= 11 is 0. The fourth-order valence-corrected chi connectivity index (χ4v) is 1.28. The van der Waals surface area contributed by atoms with Gasteiger partial charge in [0.15, 0.2) is 0 Å². The van der Waals surface area contributed by atoms with Crippen molar-refractivity contribution in [2.75, 3.05) is 14.2 Å². The van der Waals surface area contributed by atoms with Crippen LogP contribution in [0.4, 0.5) is 0 Å². The summed E-state index contributed by atoms with van der Waals surface area (Å²) < 4.78 is 14.3. The van der Waals surface area contributed by atoms with Crippen LogP contribution in [-0.4, -0.2) is 31.1 Å². The van der Waals surface area contributed by atoms with Gasteiger partial charge in [0.05, 0.1) is 26.9 Å². The standard InChI is InChI=1S/C13H15NO5/c1-9(15)19-8-11(6-13(16)18-3)10-4-5-12(17-2)14-7-10/h4-5,7-8H,6H2,1-3H3/b11-8-. The molecule has 6 heteroatoms. The summed E-state index contributed by atoms with van der Waals surface area (Å²) in [5, 5.41) is 0. The quantitative estimate of drug-likeness (QED) is 0.594. The normalized spacial score (nSPS) is 10.8. The molecule has 1 aromatic heterocycles. The van der Waals surface area contributed by atoms with Crippen molar-refractivity contribution in [1.82, 2.24) is 4.98 Å². The maximum atomic E-state index is 11.3. The zero-order valence-electron chi connectivity index (χ0n) is 11.0. The first-order valence-electron chi connectivity index (χ1n) is 5.50. The molecule has 0 spiro atoms. The highest BCUT2D eigenvalue weighted by Crippen LogP contribution is 2.20. The molecule has 0 bridgehead atoms. The predicted octanol–water partition coefficient (Wildman–Crippen LogP) is 1.56. The lowest BCUT2D eigenvalue weighted by molar-refractivity contribution is -0.139. The number of methoxy groups -OCH3 is 2. The van der Waals surface area contributed by atoms with E-state index in [1.165, 1.54) is 33.6 Å². The largest absolute Gasteiger partial charge is 0.481 e. The molecule has 0 aliphatic heterocycles. The number of esters is 2. The molecule has 0 aliphatic carbocycles. The van der Waals surface area contributed by atoms with Gasteiger partial charge in [-0.05, 0) is 11.6 Å².